The van der Waals surface area contributed by atoms with Crippen LogP contribution in [0, 0.1) is 17.2 Å². The van der Waals surface area contributed by atoms with Crippen molar-refractivity contribution in [2.75, 3.05) is 13.1 Å². The number of nitriles is 1. The molecule has 0 aliphatic carbocycles. The molecule has 2 unspecified atom stereocenters. The molecule has 2 atom stereocenters. The number of hydrogen-bond donors (Lipinski definition) is 1. The van der Waals surface area contributed by atoms with Crippen LogP contribution in [0.3, 0.4) is 0 Å². The first kappa shape index (κ1) is 10.5. The van der Waals surface area contributed by atoms with Crippen molar-refractivity contribution in [1.29, 1.82) is 5.26 Å². The predicted octanol–water partition coefficient (Wildman–Crippen LogP) is 1.30. The van der Waals surface area contributed by atoms with Crippen LogP contribution < -0.4 is 5.32 Å². The molecule has 0 aromatic carbocycles. The van der Waals surface area contributed by atoms with Gasteiger partial charge in [0.05, 0.1) is 12.2 Å². The van der Waals surface area contributed by atoms with E-state index in [1.54, 1.807) is 0 Å². The monoisotopic (exact) mass is 182 g/mol. The van der Waals surface area contributed by atoms with Crippen molar-refractivity contribution in [3.05, 3.63) is 0 Å². The van der Waals surface area contributed by atoms with E-state index in [9.17, 15) is 0 Å². The van der Waals surface area contributed by atoms with Gasteiger partial charge in [-0.3, -0.25) is 0 Å². The lowest BCUT2D eigenvalue weighted by Gasteiger charge is -2.32. The largest absolute Gasteiger partial charge is 0.357 e. The van der Waals surface area contributed by atoms with Crippen LogP contribution in [0.1, 0.15) is 26.7 Å². The molecule has 0 amide bonds. The predicted molar refractivity (Wildman–Crippen MR) is 51.2 cm³/mol. The van der Waals surface area contributed by atoms with E-state index in [1.807, 2.05) is 0 Å². The van der Waals surface area contributed by atoms with Crippen molar-refractivity contribution in [3.63, 3.8) is 0 Å². The van der Waals surface area contributed by atoms with Crippen LogP contribution in [-0.4, -0.2) is 25.3 Å². The maximum Gasteiger partial charge on any atom is 0.156 e. The minimum absolute atomic E-state index is 0.230. The Morgan fingerprint density at radius 3 is 2.69 bits per heavy atom. The van der Waals surface area contributed by atoms with Crippen molar-refractivity contribution in [1.82, 2.24) is 5.32 Å². The molecule has 1 aliphatic heterocycles. The molecule has 0 radical (unpaired) electrons. The molecule has 0 aromatic rings. The fourth-order valence-electron chi connectivity index (χ4n) is 1.83. The minimum atomic E-state index is -0.251. The molecule has 1 heterocycles. The molecular formula is C10H18N2O. The number of hydrogen-bond acceptors (Lipinski definition) is 3. The zero-order chi connectivity index (χ0) is 9.68. The molecule has 13 heavy (non-hydrogen) atoms. The SMILES string of the molecule is CCC(CC)C1CNCC(C#N)O1. The van der Waals surface area contributed by atoms with Gasteiger partial charge in [0.25, 0.3) is 0 Å². The molecule has 1 rings (SSSR count). The van der Waals surface area contributed by atoms with Crippen molar-refractivity contribution in [2.24, 2.45) is 5.92 Å². The van der Waals surface area contributed by atoms with Crippen LogP contribution in [0.5, 0.6) is 0 Å². The van der Waals surface area contributed by atoms with E-state index >= 15 is 0 Å². The lowest BCUT2D eigenvalue weighted by atomic mass is 9.95. The summed E-state index contributed by atoms with van der Waals surface area (Å²) in [4.78, 5) is 0. The second kappa shape index (κ2) is 5.21. The fourth-order valence-corrected chi connectivity index (χ4v) is 1.83. The maximum atomic E-state index is 8.72. The summed E-state index contributed by atoms with van der Waals surface area (Å²) in [6.45, 7) is 5.92. The summed E-state index contributed by atoms with van der Waals surface area (Å²) in [6.07, 6.45) is 2.23. The zero-order valence-electron chi connectivity index (χ0n) is 8.42. The highest BCUT2D eigenvalue weighted by molar-refractivity contribution is 4.91. The summed E-state index contributed by atoms with van der Waals surface area (Å²) >= 11 is 0. The molecular weight excluding hydrogens is 164 g/mol. The molecule has 1 saturated heterocycles. The molecule has 3 nitrogen and oxygen atoms in total. The van der Waals surface area contributed by atoms with Gasteiger partial charge in [-0.2, -0.15) is 5.26 Å². The molecule has 0 saturated carbocycles. The summed E-state index contributed by atoms with van der Waals surface area (Å²) in [5.74, 6) is 0.587. The first-order valence-corrected chi connectivity index (χ1v) is 5.07. The van der Waals surface area contributed by atoms with E-state index < -0.39 is 0 Å². The summed E-state index contributed by atoms with van der Waals surface area (Å²) in [5.41, 5.74) is 0. The van der Waals surface area contributed by atoms with Crippen molar-refractivity contribution in [3.8, 4) is 6.07 Å². The van der Waals surface area contributed by atoms with Crippen LogP contribution in [0.15, 0.2) is 0 Å². The van der Waals surface area contributed by atoms with Crippen LogP contribution in [0.4, 0.5) is 0 Å². The van der Waals surface area contributed by atoms with Gasteiger partial charge in [-0.25, -0.2) is 0 Å². The third kappa shape index (κ3) is 2.68. The second-order valence-electron chi connectivity index (χ2n) is 3.53. The molecule has 0 bridgehead atoms. The van der Waals surface area contributed by atoms with E-state index in [2.05, 4.69) is 25.2 Å². The van der Waals surface area contributed by atoms with E-state index in [0.717, 1.165) is 19.4 Å². The van der Waals surface area contributed by atoms with Crippen LogP contribution in [0.2, 0.25) is 0 Å². The third-order valence-electron chi connectivity index (χ3n) is 2.73. The standard InChI is InChI=1S/C10H18N2O/c1-3-8(4-2)10-7-12-6-9(5-11)13-10/h8-10,12H,3-4,6-7H2,1-2H3. The van der Waals surface area contributed by atoms with Crippen LogP contribution >= 0.6 is 0 Å². The van der Waals surface area contributed by atoms with Gasteiger partial charge >= 0.3 is 0 Å². The molecule has 74 valence electrons. The van der Waals surface area contributed by atoms with Gasteiger partial charge in [-0.05, 0) is 5.92 Å². The molecule has 1 fully saturated rings. The Hall–Kier alpha value is -0.590. The van der Waals surface area contributed by atoms with Crippen LogP contribution in [0.25, 0.3) is 0 Å². The molecule has 1 aliphatic rings. The van der Waals surface area contributed by atoms with E-state index in [4.69, 9.17) is 10.00 Å². The Balaban J connectivity index is 2.45. The smallest absolute Gasteiger partial charge is 0.156 e. The van der Waals surface area contributed by atoms with Crippen LogP contribution in [-0.2, 0) is 4.74 Å². The van der Waals surface area contributed by atoms with Crippen molar-refractivity contribution >= 4 is 0 Å². The van der Waals surface area contributed by atoms with Gasteiger partial charge in [-0.15, -0.1) is 0 Å². The van der Waals surface area contributed by atoms with Crippen molar-refractivity contribution in [2.45, 2.75) is 38.9 Å². The fraction of sp³-hybridized carbons (Fsp3) is 0.900. The lowest BCUT2D eigenvalue weighted by Crippen LogP contribution is -2.47. The highest BCUT2D eigenvalue weighted by Crippen LogP contribution is 2.19. The quantitative estimate of drug-likeness (QED) is 0.715. The summed E-state index contributed by atoms with van der Waals surface area (Å²) in [5, 5.41) is 12.0. The Kier molecular flexibility index (Phi) is 4.20. The molecule has 0 aromatic heterocycles. The average molecular weight is 182 g/mol. The third-order valence-corrected chi connectivity index (χ3v) is 2.73. The average Bonchev–Trinajstić information content (AvgIpc) is 2.20. The van der Waals surface area contributed by atoms with E-state index in [0.29, 0.717) is 12.5 Å². The van der Waals surface area contributed by atoms with Gasteiger partial charge in [0.1, 0.15) is 0 Å². The Morgan fingerprint density at radius 2 is 2.15 bits per heavy atom. The summed E-state index contributed by atoms with van der Waals surface area (Å²) in [7, 11) is 0. The van der Waals surface area contributed by atoms with Gasteiger partial charge in [0.15, 0.2) is 6.10 Å². The Bertz CT molecular complexity index is 184. The topological polar surface area (TPSA) is 45.0 Å². The maximum absolute atomic E-state index is 8.72. The van der Waals surface area contributed by atoms with Gasteiger partial charge in [0, 0.05) is 13.1 Å². The second-order valence-corrected chi connectivity index (χ2v) is 3.53. The summed E-state index contributed by atoms with van der Waals surface area (Å²) in [6, 6.07) is 2.15. The molecule has 3 heteroatoms. The number of morpholine rings is 1. The van der Waals surface area contributed by atoms with E-state index in [1.165, 1.54) is 0 Å². The van der Waals surface area contributed by atoms with Gasteiger partial charge < -0.3 is 10.1 Å². The van der Waals surface area contributed by atoms with Gasteiger partial charge in [-0.1, -0.05) is 26.7 Å². The Morgan fingerprint density at radius 1 is 1.46 bits per heavy atom. The van der Waals surface area contributed by atoms with Crippen molar-refractivity contribution < 1.29 is 4.74 Å². The zero-order valence-corrected chi connectivity index (χ0v) is 8.42. The minimum Gasteiger partial charge on any atom is -0.357 e. The lowest BCUT2D eigenvalue weighted by molar-refractivity contribution is -0.0426. The normalized spacial score (nSPS) is 28.8. The summed E-state index contributed by atoms with van der Waals surface area (Å²) < 4.78 is 5.66. The number of nitrogens with zero attached hydrogens (tertiary/aromatic N) is 1. The molecule has 1 N–H and O–H groups in total. The van der Waals surface area contributed by atoms with E-state index in [-0.39, 0.29) is 12.2 Å². The first-order valence-electron chi connectivity index (χ1n) is 5.07. The first-order chi connectivity index (χ1) is 6.31. The Labute approximate surface area is 80.1 Å². The number of ether oxygens (including phenoxy) is 1. The number of rotatable bonds is 3. The molecule has 0 spiro atoms. The van der Waals surface area contributed by atoms with Gasteiger partial charge in [0.2, 0.25) is 0 Å². The highest BCUT2D eigenvalue weighted by Gasteiger charge is 2.26. The highest BCUT2D eigenvalue weighted by atomic mass is 16.5. The number of nitrogens with one attached hydrogen (secondary N) is 1.